The number of aromatic carboxylic acids is 1. The van der Waals surface area contributed by atoms with Crippen LogP contribution < -0.4 is 15.1 Å². The zero-order chi connectivity index (χ0) is 31.0. The second kappa shape index (κ2) is 12.6. The Morgan fingerprint density at radius 1 is 1.00 bits per heavy atom. The van der Waals surface area contributed by atoms with Crippen LogP contribution in [0.15, 0.2) is 59.6 Å². The Hall–Kier alpha value is -3.32. The van der Waals surface area contributed by atoms with Crippen LogP contribution in [0.3, 0.4) is 0 Å². The molecule has 0 unspecified atom stereocenters. The third-order valence-corrected chi connectivity index (χ3v) is 11.9. The van der Waals surface area contributed by atoms with Gasteiger partial charge in [-0.25, -0.2) is 18.2 Å². The van der Waals surface area contributed by atoms with E-state index in [1.165, 1.54) is 10.5 Å². The fraction of sp³-hybridized carbons (Fsp3) is 0.469. The highest BCUT2D eigenvalue weighted by molar-refractivity contribution is 7.89. The lowest BCUT2D eigenvalue weighted by molar-refractivity contribution is -0.121. The van der Waals surface area contributed by atoms with E-state index in [0.29, 0.717) is 5.69 Å². The van der Waals surface area contributed by atoms with Gasteiger partial charge in [0, 0.05) is 42.8 Å². The first-order valence-corrected chi connectivity index (χ1v) is 17.6. The maximum atomic E-state index is 14.0. The number of carbonyl (C=O) groups is 2. The van der Waals surface area contributed by atoms with Gasteiger partial charge in [0.15, 0.2) is 0 Å². The number of benzene rings is 1. The van der Waals surface area contributed by atoms with Crippen LogP contribution in [0.4, 0.5) is 11.5 Å². The zero-order valence-electron chi connectivity index (χ0n) is 25.1. The lowest BCUT2D eigenvalue weighted by Crippen LogP contribution is -2.60. The van der Waals surface area contributed by atoms with Crippen molar-refractivity contribution in [2.75, 3.05) is 36.0 Å². The summed E-state index contributed by atoms with van der Waals surface area (Å²) in [5.41, 5.74) is 1.22. The molecule has 2 N–H and O–H groups in total. The molecule has 3 aromatic rings. The van der Waals surface area contributed by atoms with Crippen molar-refractivity contribution in [3.8, 4) is 10.4 Å². The van der Waals surface area contributed by atoms with Crippen LogP contribution in [0.25, 0.3) is 10.4 Å². The van der Waals surface area contributed by atoms with Gasteiger partial charge >= 0.3 is 5.97 Å². The molecule has 0 radical (unpaired) electrons. The SMILES string of the molecule is C[C@@H]1CN(c2ccc(S(=O)(=O)N3CC(=O)N(c4cc(-c5ccccc5)sc4C(=O)O)[C@H](C4CCCCC4)C3)cn2)C[C@H](C)N1. The number of thiophene rings is 1. The molecule has 2 aliphatic heterocycles. The summed E-state index contributed by atoms with van der Waals surface area (Å²) in [5, 5.41) is 13.7. The zero-order valence-corrected chi connectivity index (χ0v) is 26.7. The summed E-state index contributed by atoms with van der Waals surface area (Å²) in [6.07, 6.45) is 6.20. The molecule has 0 spiro atoms. The molecule has 3 atom stereocenters. The standard InChI is InChI=1S/C32H39N5O5S2/c1-21-17-35(18-22(2)34-21)29-14-13-25(16-33-29)44(41,42)36-19-27(23-9-5-3-6-10-23)37(30(38)20-36)26-15-28(43-31(26)32(39)40)24-11-7-4-8-12-24/h4,7-8,11-16,21-23,27,34H,3,5-6,9-10,17-20H2,1-2H3,(H,39,40)/t21-,22+,27-/m0/s1. The highest BCUT2D eigenvalue weighted by Crippen LogP contribution is 2.42. The van der Waals surface area contributed by atoms with Crippen molar-refractivity contribution in [3.05, 3.63) is 59.6 Å². The van der Waals surface area contributed by atoms with E-state index in [0.717, 1.165) is 72.8 Å². The van der Waals surface area contributed by atoms with Crippen molar-refractivity contribution in [1.29, 1.82) is 0 Å². The van der Waals surface area contributed by atoms with Gasteiger partial charge in [-0.3, -0.25) is 4.79 Å². The van der Waals surface area contributed by atoms with Crippen LogP contribution in [0.1, 0.15) is 55.6 Å². The summed E-state index contributed by atoms with van der Waals surface area (Å²) in [4.78, 5) is 35.6. The number of hydrogen-bond donors (Lipinski definition) is 2. The lowest BCUT2D eigenvalue weighted by atomic mass is 9.82. The van der Waals surface area contributed by atoms with E-state index in [1.807, 2.05) is 30.3 Å². The number of carboxylic acid groups (broad SMARTS) is 1. The number of nitrogens with one attached hydrogen (secondary N) is 1. The number of aromatic nitrogens is 1. The molecule has 1 amide bonds. The Kier molecular flexibility index (Phi) is 8.78. The van der Waals surface area contributed by atoms with E-state index < -0.39 is 27.9 Å². The van der Waals surface area contributed by atoms with Crippen LogP contribution in [-0.2, 0) is 14.8 Å². The van der Waals surface area contributed by atoms with Gasteiger partial charge < -0.3 is 20.2 Å². The molecule has 1 aromatic carbocycles. The molecular weight excluding hydrogens is 599 g/mol. The van der Waals surface area contributed by atoms with Gasteiger partial charge in [0.25, 0.3) is 0 Å². The second-order valence-corrected chi connectivity index (χ2v) is 15.2. The Morgan fingerprint density at radius 3 is 2.34 bits per heavy atom. The van der Waals surface area contributed by atoms with Gasteiger partial charge in [-0.15, -0.1) is 11.3 Å². The molecule has 0 bridgehead atoms. The van der Waals surface area contributed by atoms with Crippen molar-refractivity contribution in [3.63, 3.8) is 0 Å². The third kappa shape index (κ3) is 6.13. The molecule has 4 heterocycles. The molecule has 10 nitrogen and oxygen atoms in total. The Morgan fingerprint density at radius 2 is 1.70 bits per heavy atom. The quantitative estimate of drug-likeness (QED) is 0.383. The summed E-state index contributed by atoms with van der Waals surface area (Å²) in [5.74, 6) is -0.733. The van der Waals surface area contributed by atoms with Gasteiger partial charge in [0.2, 0.25) is 15.9 Å². The molecule has 44 heavy (non-hydrogen) atoms. The first-order valence-electron chi connectivity index (χ1n) is 15.3. The van der Waals surface area contributed by atoms with Crippen molar-refractivity contribution in [2.24, 2.45) is 5.92 Å². The van der Waals surface area contributed by atoms with Crippen LogP contribution in [0, 0.1) is 5.92 Å². The van der Waals surface area contributed by atoms with Gasteiger partial charge in [0.05, 0.1) is 18.3 Å². The summed E-state index contributed by atoms with van der Waals surface area (Å²) in [6.45, 7) is 5.50. The maximum Gasteiger partial charge on any atom is 0.348 e. The van der Waals surface area contributed by atoms with Crippen molar-refractivity contribution >= 4 is 44.7 Å². The predicted molar refractivity (Wildman–Crippen MR) is 172 cm³/mol. The fourth-order valence-corrected chi connectivity index (χ4v) is 9.32. The third-order valence-electron chi connectivity index (χ3n) is 8.96. The lowest BCUT2D eigenvalue weighted by Gasteiger charge is -2.44. The van der Waals surface area contributed by atoms with Crippen LogP contribution in [0.5, 0.6) is 0 Å². The maximum absolute atomic E-state index is 14.0. The van der Waals surface area contributed by atoms with Gasteiger partial charge in [0.1, 0.15) is 15.6 Å². The van der Waals surface area contributed by atoms with Crippen LogP contribution in [-0.4, -0.2) is 79.0 Å². The topological polar surface area (TPSA) is 123 Å². The molecule has 6 rings (SSSR count). The smallest absolute Gasteiger partial charge is 0.348 e. The number of piperazine rings is 2. The average Bonchev–Trinajstić information content (AvgIpc) is 3.47. The molecule has 1 saturated carbocycles. The first-order chi connectivity index (χ1) is 21.1. The summed E-state index contributed by atoms with van der Waals surface area (Å²) < 4.78 is 29.2. The minimum atomic E-state index is -4.03. The second-order valence-electron chi connectivity index (χ2n) is 12.2. The largest absolute Gasteiger partial charge is 0.477 e. The summed E-state index contributed by atoms with van der Waals surface area (Å²) in [7, 11) is -4.03. The average molecular weight is 638 g/mol. The van der Waals surface area contributed by atoms with Crippen molar-refractivity contribution < 1.29 is 23.1 Å². The van der Waals surface area contributed by atoms with E-state index in [-0.39, 0.29) is 40.9 Å². The minimum absolute atomic E-state index is 0.0502. The first kappa shape index (κ1) is 30.7. The number of carboxylic acids is 1. The fourth-order valence-electron chi connectivity index (χ4n) is 6.98. The van der Waals surface area contributed by atoms with Crippen molar-refractivity contribution in [2.45, 2.75) is 69.0 Å². The molecule has 3 aliphatic rings. The minimum Gasteiger partial charge on any atom is -0.477 e. The number of pyridine rings is 1. The van der Waals surface area contributed by atoms with E-state index in [2.05, 4.69) is 29.0 Å². The Bertz CT molecular complexity index is 1600. The molecule has 2 aromatic heterocycles. The normalized spacial score (nSPS) is 24.0. The number of carbonyl (C=O) groups excluding carboxylic acids is 1. The number of rotatable bonds is 7. The molecule has 1 aliphatic carbocycles. The molecule has 2 saturated heterocycles. The molecule has 234 valence electrons. The number of anilines is 2. The highest BCUT2D eigenvalue weighted by atomic mass is 32.2. The molecule has 3 fully saturated rings. The van der Waals surface area contributed by atoms with E-state index in [1.54, 1.807) is 23.1 Å². The summed E-state index contributed by atoms with van der Waals surface area (Å²) in [6, 6.07) is 14.7. The van der Waals surface area contributed by atoms with Gasteiger partial charge in [-0.1, -0.05) is 49.6 Å². The predicted octanol–water partition coefficient (Wildman–Crippen LogP) is 4.68. The van der Waals surface area contributed by atoms with Crippen LogP contribution in [0.2, 0.25) is 0 Å². The van der Waals surface area contributed by atoms with E-state index in [9.17, 15) is 23.1 Å². The summed E-state index contributed by atoms with van der Waals surface area (Å²) >= 11 is 1.14. The monoisotopic (exact) mass is 637 g/mol. The number of nitrogens with zero attached hydrogens (tertiary/aromatic N) is 4. The molecular formula is C32H39N5O5S2. The Labute approximate surface area is 262 Å². The van der Waals surface area contributed by atoms with Gasteiger partial charge in [-0.2, -0.15) is 4.31 Å². The number of sulfonamides is 1. The van der Waals surface area contributed by atoms with Crippen molar-refractivity contribution in [1.82, 2.24) is 14.6 Å². The Balaban J connectivity index is 1.31. The van der Waals surface area contributed by atoms with Gasteiger partial charge in [-0.05, 0) is 56.4 Å². The van der Waals surface area contributed by atoms with E-state index in [4.69, 9.17) is 0 Å². The molecule has 12 heteroatoms. The highest BCUT2D eigenvalue weighted by Gasteiger charge is 2.44. The van der Waals surface area contributed by atoms with E-state index >= 15 is 0 Å². The number of hydrogen-bond acceptors (Lipinski definition) is 8. The van der Waals surface area contributed by atoms with Crippen LogP contribution >= 0.6 is 11.3 Å². The number of amides is 1.